The van der Waals surface area contributed by atoms with Crippen LogP contribution in [0.3, 0.4) is 0 Å². The van der Waals surface area contributed by atoms with Gasteiger partial charge in [-0.25, -0.2) is 23.8 Å². The molecule has 0 spiro atoms. The van der Waals surface area contributed by atoms with Crippen LogP contribution in [0, 0.1) is 18.3 Å². The van der Waals surface area contributed by atoms with Gasteiger partial charge in [0.05, 0.1) is 38.4 Å². The summed E-state index contributed by atoms with van der Waals surface area (Å²) in [5, 5.41) is 64.2. The summed E-state index contributed by atoms with van der Waals surface area (Å²) in [4.78, 5) is 35.4. The highest BCUT2D eigenvalue weighted by Crippen LogP contribution is 2.62. The van der Waals surface area contributed by atoms with Gasteiger partial charge < -0.3 is 60.2 Å². The molecule has 0 radical (unpaired) electrons. The summed E-state index contributed by atoms with van der Waals surface area (Å²) in [6.45, 7) is -7.16. The summed E-state index contributed by atoms with van der Waals surface area (Å²) < 4.78 is 39.2. The number of phosphoric acid groups is 1. The molecule has 12 atom stereocenters. The van der Waals surface area contributed by atoms with Gasteiger partial charge in [-0.2, -0.15) is 0 Å². The van der Waals surface area contributed by atoms with Crippen molar-refractivity contribution < 1.29 is 67.8 Å². The van der Waals surface area contributed by atoms with Crippen LogP contribution >= 0.6 is 14.5 Å². The van der Waals surface area contributed by atoms with Crippen molar-refractivity contribution in [3.05, 3.63) is 23.1 Å². The van der Waals surface area contributed by atoms with E-state index in [4.69, 9.17) is 47.6 Å². The lowest BCUT2D eigenvalue weighted by atomic mass is 9.92. The molecule has 25 heteroatoms. The average Bonchev–Trinajstić information content (AvgIpc) is 3.50. The first-order valence-corrected chi connectivity index (χ1v) is 16.6. The average molecular weight is 699 g/mol. The Labute approximate surface area is 257 Å². The van der Waals surface area contributed by atoms with Crippen LogP contribution in [0.2, 0.25) is 0 Å². The van der Waals surface area contributed by atoms with E-state index in [0.29, 0.717) is 0 Å². The number of nitrogens with two attached hydrogens (primary N) is 1. The van der Waals surface area contributed by atoms with Gasteiger partial charge >= 0.3 is 14.5 Å². The van der Waals surface area contributed by atoms with Crippen LogP contribution in [0.5, 0.6) is 0 Å². The molecule has 2 aromatic rings. The minimum atomic E-state index is -5.50. The van der Waals surface area contributed by atoms with E-state index < -0.39 is 95.0 Å². The Morgan fingerprint density at radius 2 is 2.00 bits per heavy atom. The lowest BCUT2D eigenvalue weighted by Gasteiger charge is -2.28. The van der Waals surface area contributed by atoms with E-state index >= 15 is 0 Å². The Morgan fingerprint density at radius 1 is 1.29 bits per heavy atom. The number of ether oxygens (including phenoxy) is 2. The molecule has 10 N–H and O–H groups in total. The van der Waals surface area contributed by atoms with E-state index in [-0.39, 0.29) is 17.0 Å². The summed E-state index contributed by atoms with van der Waals surface area (Å²) >= 11 is 4.77. The van der Waals surface area contributed by atoms with Crippen LogP contribution in [-0.4, -0.2) is 128 Å². The number of imidazole rings is 1. The van der Waals surface area contributed by atoms with E-state index in [1.54, 1.807) is 0 Å². The Morgan fingerprint density at radius 3 is 2.64 bits per heavy atom. The molecular weight excluding hydrogens is 670 g/mol. The predicted molar refractivity (Wildman–Crippen MR) is 149 cm³/mol. The molecule has 22 nitrogen and oxygen atoms in total. The summed E-state index contributed by atoms with van der Waals surface area (Å²) in [6.07, 6.45) is -6.79. The first kappa shape index (κ1) is 35.4. The normalized spacial score (nSPS) is 35.4. The van der Waals surface area contributed by atoms with Gasteiger partial charge in [0.25, 0.3) is 0 Å². The number of fused-ring (bicyclic) bond motifs is 1. The molecule has 0 aromatic carbocycles. The number of anilines is 1. The van der Waals surface area contributed by atoms with Gasteiger partial charge in [-0.3, -0.25) is 9.09 Å². The molecular formula is C20H28N8O14P2S. The number of rotatable bonds is 11. The second-order valence-electron chi connectivity index (χ2n) is 9.72. The van der Waals surface area contributed by atoms with E-state index in [0.717, 1.165) is 6.33 Å². The number of aromatic nitrogens is 4. The Kier molecular flexibility index (Phi) is 10.8. The molecule has 2 aromatic heterocycles. The van der Waals surface area contributed by atoms with Crippen molar-refractivity contribution in [3.63, 3.8) is 0 Å². The first-order chi connectivity index (χ1) is 21.1. The number of phosphoric ester groups is 1. The molecule has 4 rings (SSSR count). The number of nitrogen functional groups attached to an aromatic ring is 1. The summed E-state index contributed by atoms with van der Waals surface area (Å²) in [5.41, 5.74) is 13.1. The highest BCUT2D eigenvalue weighted by atomic mass is 32.5. The van der Waals surface area contributed by atoms with Gasteiger partial charge in [0.2, 0.25) is 0 Å². The third-order valence-corrected chi connectivity index (χ3v) is 10.5. The van der Waals surface area contributed by atoms with Crippen molar-refractivity contribution >= 4 is 43.3 Å². The standard InChI is InChI=1S/C20H28N8O14P2S/c1-2-20(26-27-22)15(34)10(40-19(20)28-7-25-11-16(21)23-6-24-17(11)28)5-39-44(37,45)42-43(35,36)41-18-14(33)13(32)12(31)8(4-38-18)9(30)3-29/h1,6-10,12-15,18-19,29-34H,3-5H2,(H,35,36)(H,37,45)(H2,21,23,24)/t8?,9-,10+,12?,13?,14?,15+,18?,19+,20+,44?/m0/s1. The van der Waals surface area contributed by atoms with Crippen molar-refractivity contribution in [1.82, 2.24) is 19.5 Å². The van der Waals surface area contributed by atoms with Crippen LogP contribution in [-0.2, 0) is 39.2 Å². The third-order valence-electron chi connectivity index (χ3n) is 6.96. The van der Waals surface area contributed by atoms with E-state index in [9.17, 15) is 45.4 Å². The molecule has 0 aliphatic carbocycles. The largest absolute Gasteiger partial charge is 0.481 e. The number of hydrogen-bond donors (Lipinski definition) is 9. The Bertz CT molecular complexity index is 1580. The summed E-state index contributed by atoms with van der Waals surface area (Å²) in [6, 6.07) is 0. The van der Waals surface area contributed by atoms with Gasteiger partial charge in [0.15, 0.2) is 29.5 Å². The number of terminal acetylenes is 1. The lowest BCUT2D eigenvalue weighted by Crippen LogP contribution is -2.47. The molecule has 248 valence electrons. The zero-order chi connectivity index (χ0) is 33.3. The Hall–Kier alpha value is -2.42. The van der Waals surface area contributed by atoms with Gasteiger partial charge in [-0.05, 0) is 17.3 Å². The van der Waals surface area contributed by atoms with Crippen molar-refractivity contribution in [3.8, 4) is 12.3 Å². The SMILES string of the molecule is C#C[C@@]1(N=[N+]=[N-])[C@H](O)[C@@H](COP(O)(=S)OP(=O)(O)OC2OCC([C@@H](O)CO)C(O)C(O)C2O)O[C@H]1n1cnc2c(N)ncnc21. The second kappa shape index (κ2) is 13.7. The number of hydrogen-bond acceptors (Lipinski definition) is 18. The summed E-state index contributed by atoms with van der Waals surface area (Å²) in [7, 11) is -5.50. The van der Waals surface area contributed by atoms with E-state index in [1.165, 1.54) is 10.9 Å². The van der Waals surface area contributed by atoms with Crippen molar-refractivity contribution in [2.24, 2.45) is 11.0 Å². The maximum atomic E-state index is 12.7. The molecule has 2 fully saturated rings. The maximum Gasteiger partial charge on any atom is 0.481 e. The number of azide groups is 1. The van der Waals surface area contributed by atoms with Gasteiger partial charge in [-0.1, -0.05) is 11.0 Å². The van der Waals surface area contributed by atoms with Crippen LogP contribution in [0.15, 0.2) is 17.8 Å². The fourth-order valence-electron chi connectivity index (χ4n) is 4.65. The van der Waals surface area contributed by atoms with Crippen LogP contribution in [0.4, 0.5) is 5.82 Å². The fourth-order valence-corrected chi connectivity index (χ4v) is 7.76. The second-order valence-corrected chi connectivity index (χ2v) is 14.1. The molecule has 7 unspecified atom stereocenters. The fraction of sp³-hybridized carbons (Fsp3) is 0.650. The highest BCUT2D eigenvalue weighted by Gasteiger charge is 2.57. The van der Waals surface area contributed by atoms with Gasteiger partial charge in [0.1, 0.15) is 36.3 Å². The summed E-state index contributed by atoms with van der Waals surface area (Å²) in [5.74, 6) is 0.846. The van der Waals surface area contributed by atoms with Crippen molar-refractivity contribution in [1.29, 1.82) is 0 Å². The van der Waals surface area contributed by atoms with Crippen molar-refractivity contribution in [2.75, 3.05) is 25.6 Å². The molecule has 0 amide bonds. The smallest absolute Gasteiger partial charge is 0.394 e. The maximum absolute atomic E-state index is 12.7. The predicted octanol–water partition coefficient (Wildman–Crippen LogP) is -2.88. The molecule has 45 heavy (non-hydrogen) atoms. The van der Waals surface area contributed by atoms with Crippen molar-refractivity contribution in [2.45, 2.75) is 54.7 Å². The molecule has 2 aliphatic heterocycles. The zero-order valence-corrected chi connectivity index (χ0v) is 25.2. The third kappa shape index (κ3) is 7.13. The molecule has 0 bridgehead atoms. The van der Waals surface area contributed by atoms with Gasteiger partial charge in [-0.15, -0.1) is 6.42 Å². The topological polar surface area (TPSA) is 343 Å². The molecule has 2 aliphatic rings. The van der Waals surface area contributed by atoms with Crippen LogP contribution in [0.25, 0.3) is 21.6 Å². The molecule has 0 saturated carbocycles. The zero-order valence-electron chi connectivity index (χ0n) is 22.6. The quantitative estimate of drug-likeness (QED) is 0.0374. The van der Waals surface area contributed by atoms with Crippen LogP contribution in [0.1, 0.15) is 6.23 Å². The number of aliphatic hydroxyl groups excluding tert-OH is 6. The monoisotopic (exact) mass is 698 g/mol. The lowest BCUT2D eigenvalue weighted by molar-refractivity contribution is -0.173. The highest BCUT2D eigenvalue weighted by molar-refractivity contribution is 8.08. The number of aliphatic hydroxyl groups is 6. The molecule has 2 saturated heterocycles. The molecule has 4 heterocycles. The minimum Gasteiger partial charge on any atom is -0.394 e. The Balaban J connectivity index is 1.48. The van der Waals surface area contributed by atoms with E-state index in [1.807, 2.05) is 0 Å². The van der Waals surface area contributed by atoms with E-state index in [2.05, 4.69) is 35.2 Å². The number of nitrogens with zero attached hydrogens (tertiary/aromatic N) is 7. The van der Waals surface area contributed by atoms with Crippen LogP contribution < -0.4 is 5.73 Å². The van der Waals surface area contributed by atoms with Gasteiger partial charge in [0, 0.05) is 10.8 Å². The minimum absolute atomic E-state index is 0.00364. The first-order valence-electron chi connectivity index (χ1n) is 12.6.